The first kappa shape index (κ1) is 17.1. The van der Waals surface area contributed by atoms with Crippen molar-refractivity contribution in [1.29, 1.82) is 0 Å². The standard InChI is InChI=1S/C18H18O4S/c19-10-15-8-14(6-7-17(20)21)9-16(18(15)22)12-23-11-13-4-2-1-3-5-13/h1-9,19,22H,10-12H2,(H,20,21). The van der Waals surface area contributed by atoms with Crippen molar-refractivity contribution in [2.45, 2.75) is 18.1 Å². The van der Waals surface area contributed by atoms with Gasteiger partial charge in [-0.25, -0.2) is 4.79 Å². The molecule has 0 fully saturated rings. The number of hydrogen-bond donors (Lipinski definition) is 3. The first-order valence-corrected chi connectivity index (χ1v) is 8.24. The molecule has 120 valence electrons. The molecule has 4 nitrogen and oxygen atoms in total. The number of aliphatic hydroxyl groups excluding tert-OH is 1. The van der Waals surface area contributed by atoms with Crippen molar-refractivity contribution in [1.82, 2.24) is 0 Å². The Bertz CT molecular complexity index is 696. The highest BCUT2D eigenvalue weighted by Crippen LogP contribution is 2.30. The van der Waals surface area contributed by atoms with Gasteiger partial charge in [-0.3, -0.25) is 0 Å². The van der Waals surface area contributed by atoms with Crippen LogP contribution in [0, 0.1) is 0 Å². The number of benzene rings is 2. The monoisotopic (exact) mass is 330 g/mol. The number of carbonyl (C=O) groups is 1. The third kappa shape index (κ3) is 5.16. The summed E-state index contributed by atoms with van der Waals surface area (Å²) in [5.74, 6) is 0.413. The van der Waals surface area contributed by atoms with Crippen LogP contribution in [-0.2, 0) is 22.9 Å². The second-order valence-electron chi connectivity index (χ2n) is 5.00. The van der Waals surface area contributed by atoms with Gasteiger partial charge in [-0.05, 0) is 29.3 Å². The minimum Gasteiger partial charge on any atom is -0.507 e. The number of rotatable bonds is 7. The molecule has 0 saturated carbocycles. The highest BCUT2D eigenvalue weighted by molar-refractivity contribution is 7.97. The van der Waals surface area contributed by atoms with E-state index in [2.05, 4.69) is 0 Å². The van der Waals surface area contributed by atoms with Crippen LogP contribution < -0.4 is 0 Å². The molecule has 0 spiro atoms. The van der Waals surface area contributed by atoms with Gasteiger partial charge in [-0.1, -0.05) is 30.3 Å². The minimum atomic E-state index is -1.04. The number of aromatic hydroxyl groups is 1. The summed E-state index contributed by atoms with van der Waals surface area (Å²) in [7, 11) is 0. The van der Waals surface area contributed by atoms with Crippen LogP contribution in [-0.4, -0.2) is 21.3 Å². The van der Waals surface area contributed by atoms with Crippen LogP contribution in [0.5, 0.6) is 5.75 Å². The Hall–Kier alpha value is -2.24. The van der Waals surface area contributed by atoms with E-state index in [0.717, 1.165) is 11.8 Å². The van der Waals surface area contributed by atoms with E-state index in [9.17, 15) is 15.0 Å². The van der Waals surface area contributed by atoms with Crippen molar-refractivity contribution < 1.29 is 20.1 Å². The van der Waals surface area contributed by atoms with Gasteiger partial charge < -0.3 is 15.3 Å². The van der Waals surface area contributed by atoms with Gasteiger partial charge >= 0.3 is 5.97 Å². The summed E-state index contributed by atoms with van der Waals surface area (Å²) in [6.45, 7) is -0.295. The van der Waals surface area contributed by atoms with Gasteiger partial charge in [-0.15, -0.1) is 0 Å². The molecule has 0 aliphatic heterocycles. The quantitative estimate of drug-likeness (QED) is 0.678. The van der Waals surface area contributed by atoms with Crippen molar-refractivity contribution in [2.75, 3.05) is 0 Å². The van der Waals surface area contributed by atoms with Crippen LogP contribution in [0.2, 0.25) is 0 Å². The van der Waals surface area contributed by atoms with E-state index >= 15 is 0 Å². The molecule has 0 bridgehead atoms. The Morgan fingerprint density at radius 3 is 2.43 bits per heavy atom. The summed E-state index contributed by atoms with van der Waals surface area (Å²) in [6.07, 6.45) is 2.49. The fraction of sp³-hybridized carbons (Fsp3) is 0.167. The van der Waals surface area contributed by atoms with Crippen LogP contribution in [0.4, 0.5) is 0 Å². The molecule has 0 unspecified atom stereocenters. The predicted molar refractivity (Wildman–Crippen MR) is 92.1 cm³/mol. The summed E-state index contributed by atoms with van der Waals surface area (Å²) in [5, 5.41) is 28.2. The lowest BCUT2D eigenvalue weighted by Crippen LogP contribution is -1.93. The van der Waals surface area contributed by atoms with Crippen LogP contribution in [0.3, 0.4) is 0 Å². The van der Waals surface area contributed by atoms with E-state index in [1.165, 1.54) is 11.6 Å². The van der Waals surface area contributed by atoms with E-state index in [-0.39, 0.29) is 12.4 Å². The molecular formula is C18H18O4S. The largest absolute Gasteiger partial charge is 0.507 e. The third-order valence-electron chi connectivity index (χ3n) is 3.25. The molecule has 0 amide bonds. The van der Waals surface area contributed by atoms with Crippen LogP contribution in [0.15, 0.2) is 48.5 Å². The zero-order valence-corrected chi connectivity index (χ0v) is 13.3. The van der Waals surface area contributed by atoms with Gasteiger partial charge in [0.05, 0.1) is 6.61 Å². The second-order valence-corrected chi connectivity index (χ2v) is 5.98. The smallest absolute Gasteiger partial charge is 0.328 e. The average Bonchev–Trinajstić information content (AvgIpc) is 2.56. The van der Waals surface area contributed by atoms with Crippen molar-refractivity contribution in [3.63, 3.8) is 0 Å². The molecule has 0 atom stereocenters. The van der Waals surface area contributed by atoms with Crippen molar-refractivity contribution >= 4 is 23.8 Å². The lowest BCUT2D eigenvalue weighted by atomic mass is 10.0. The maximum atomic E-state index is 10.6. The van der Waals surface area contributed by atoms with E-state index in [1.807, 2.05) is 30.3 Å². The number of thioether (sulfide) groups is 1. The highest BCUT2D eigenvalue weighted by Gasteiger charge is 2.09. The maximum absolute atomic E-state index is 10.6. The van der Waals surface area contributed by atoms with E-state index in [1.54, 1.807) is 23.9 Å². The van der Waals surface area contributed by atoms with E-state index in [0.29, 0.717) is 22.4 Å². The molecular weight excluding hydrogens is 312 g/mol. The predicted octanol–water partition coefficient (Wildman–Crippen LogP) is 3.42. The first-order valence-electron chi connectivity index (χ1n) is 7.08. The zero-order chi connectivity index (χ0) is 16.7. The van der Waals surface area contributed by atoms with Crippen LogP contribution >= 0.6 is 11.8 Å². The topological polar surface area (TPSA) is 77.8 Å². The Kier molecular flexibility index (Phi) is 6.26. The van der Waals surface area contributed by atoms with E-state index in [4.69, 9.17) is 5.11 Å². The number of carboxylic acid groups (broad SMARTS) is 1. The van der Waals surface area contributed by atoms with Crippen LogP contribution in [0.25, 0.3) is 6.08 Å². The molecule has 0 aliphatic carbocycles. The minimum absolute atomic E-state index is 0.0699. The molecule has 0 aliphatic rings. The molecule has 0 heterocycles. The second kappa shape index (κ2) is 8.41. The van der Waals surface area contributed by atoms with Gasteiger partial charge in [0.1, 0.15) is 5.75 Å². The lowest BCUT2D eigenvalue weighted by Gasteiger charge is -2.10. The number of phenols is 1. The first-order chi connectivity index (χ1) is 11.1. The van der Waals surface area contributed by atoms with Gasteiger partial charge in [0.2, 0.25) is 0 Å². The van der Waals surface area contributed by atoms with E-state index < -0.39 is 5.97 Å². The number of aliphatic carboxylic acids is 1. The molecule has 2 rings (SSSR count). The molecule has 2 aromatic carbocycles. The summed E-state index contributed by atoms with van der Waals surface area (Å²) >= 11 is 1.64. The molecule has 0 saturated heterocycles. The Labute approximate surface area is 139 Å². The molecule has 5 heteroatoms. The third-order valence-corrected chi connectivity index (χ3v) is 4.30. The molecule has 0 radical (unpaired) electrons. The van der Waals surface area contributed by atoms with Crippen molar-refractivity contribution in [2.24, 2.45) is 0 Å². The van der Waals surface area contributed by atoms with Crippen molar-refractivity contribution in [3.05, 3.63) is 70.8 Å². The maximum Gasteiger partial charge on any atom is 0.328 e. The van der Waals surface area contributed by atoms with Gasteiger partial charge in [-0.2, -0.15) is 11.8 Å². The van der Waals surface area contributed by atoms with Gasteiger partial charge in [0.15, 0.2) is 0 Å². The normalized spacial score (nSPS) is 11.0. The zero-order valence-electron chi connectivity index (χ0n) is 12.5. The fourth-order valence-corrected chi connectivity index (χ4v) is 3.10. The van der Waals surface area contributed by atoms with Gasteiger partial charge in [0, 0.05) is 28.7 Å². The average molecular weight is 330 g/mol. The Morgan fingerprint density at radius 2 is 1.78 bits per heavy atom. The Balaban J connectivity index is 2.12. The number of carboxylic acids is 1. The lowest BCUT2D eigenvalue weighted by molar-refractivity contribution is -0.131. The summed E-state index contributed by atoms with van der Waals surface area (Å²) in [4.78, 5) is 10.6. The molecule has 3 N–H and O–H groups in total. The highest BCUT2D eigenvalue weighted by atomic mass is 32.2. The SMILES string of the molecule is O=C(O)C=Cc1cc(CO)c(O)c(CSCc2ccccc2)c1. The molecule has 2 aromatic rings. The number of hydrogen-bond acceptors (Lipinski definition) is 4. The summed E-state index contributed by atoms with van der Waals surface area (Å²) in [6, 6.07) is 13.3. The van der Waals surface area contributed by atoms with Crippen LogP contribution in [0.1, 0.15) is 22.3 Å². The summed E-state index contributed by atoms with van der Waals surface area (Å²) < 4.78 is 0. The number of aliphatic hydroxyl groups is 1. The van der Waals surface area contributed by atoms with Gasteiger partial charge in [0.25, 0.3) is 0 Å². The molecule has 23 heavy (non-hydrogen) atoms. The summed E-state index contributed by atoms with van der Waals surface area (Å²) in [5.41, 5.74) is 2.92. The fourth-order valence-electron chi connectivity index (χ4n) is 2.13. The Morgan fingerprint density at radius 1 is 1.09 bits per heavy atom. The van der Waals surface area contributed by atoms with Crippen molar-refractivity contribution in [3.8, 4) is 5.75 Å². The molecule has 0 aromatic heterocycles.